The van der Waals surface area contributed by atoms with E-state index >= 15 is 0 Å². The van der Waals surface area contributed by atoms with E-state index in [4.69, 9.17) is 0 Å². The van der Waals surface area contributed by atoms with Gasteiger partial charge in [0.1, 0.15) is 5.92 Å². The van der Waals surface area contributed by atoms with E-state index in [1.54, 1.807) is 29.2 Å². The SMILES string of the molecule is O=C(O)C(Cc1ccccc1)c1nccn2nccc12. The number of aromatic nitrogens is 3. The van der Waals surface area contributed by atoms with Crippen molar-refractivity contribution >= 4 is 11.5 Å². The monoisotopic (exact) mass is 267 g/mol. The highest BCUT2D eigenvalue weighted by Crippen LogP contribution is 2.23. The molecule has 3 rings (SSSR count). The molecule has 0 saturated heterocycles. The Balaban J connectivity index is 2.03. The van der Waals surface area contributed by atoms with Crippen LogP contribution in [-0.2, 0) is 11.2 Å². The van der Waals surface area contributed by atoms with E-state index in [0.29, 0.717) is 12.1 Å². The minimum atomic E-state index is -0.879. The largest absolute Gasteiger partial charge is 0.481 e. The third-order valence-electron chi connectivity index (χ3n) is 3.27. The number of benzene rings is 1. The molecule has 0 radical (unpaired) electrons. The maximum atomic E-state index is 11.6. The summed E-state index contributed by atoms with van der Waals surface area (Å²) in [5, 5.41) is 13.6. The molecule has 3 aromatic rings. The van der Waals surface area contributed by atoms with Crippen molar-refractivity contribution in [3.05, 3.63) is 66.2 Å². The van der Waals surface area contributed by atoms with Crippen LogP contribution in [0.15, 0.2) is 55.0 Å². The van der Waals surface area contributed by atoms with E-state index in [9.17, 15) is 9.90 Å². The Hall–Kier alpha value is -2.69. The van der Waals surface area contributed by atoms with Crippen molar-refractivity contribution in [1.29, 1.82) is 0 Å². The first-order valence-electron chi connectivity index (χ1n) is 6.30. The van der Waals surface area contributed by atoms with Crippen LogP contribution in [-0.4, -0.2) is 25.7 Å². The van der Waals surface area contributed by atoms with E-state index in [-0.39, 0.29) is 0 Å². The van der Waals surface area contributed by atoms with Gasteiger partial charge in [0, 0.05) is 12.4 Å². The topological polar surface area (TPSA) is 67.5 Å². The average Bonchev–Trinajstić information content (AvgIpc) is 2.94. The van der Waals surface area contributed by atoms with Gasteiger partial charge < -0.3 is 5.11 Å². The fourth-order valence-corrected chi connectivity index (χ4v) is 2.30. The van der Waals surface area contributed by atoms with Crippen molar-refractivity contribution in [1.82, 2.24) is 14.6 Å². The lowest BCUT2D eigenvalue weighted by Gasteiger charge is -2.13. The van der Waals surface area contributed by atoms with E-state index in [1.165, 1.54) is 0 Å². The predicted octanol–water partition coefficient (Wildman–Crippen LogP) is 2.14. The summed E-state index contributed by atoms with van der Waals surface area (Å²) in [5.41, 5.74) is 2.25. The molecule has 5 nitrogen and oxygen atoms in total. The Morgan fingerprint density at radius 3 is 2.75 bits per heavy atom. The Bertz CT molecular complexity index is 737. The van der Waals surface area contributed by atoms with Crippen molar-refractivity contribution < 1.29 is 9.90 Å². The number of rotatable bonds is 4. The average molecular weight is 267 g/mol. The number of carboxylic acid groups (broad SMARTS) is 1. The first kappa shape index (κ1) is 12.3. The molecule has 1 atom stereocenters. The fourth-order valence-electron chi connectivity index (χ4n) is 2.30. The summed E-state index contributed by atoms with van der Waals surface area (Å²) in [6.45, 7) is 0. The highest BCUT2D eigenvalue weighted by Gasteiger charge is 2.24. The Kier molecular flexibility index (Phi) is 3.16. The molecule has 0 aliphatic rings. The maximum absolute atomic E-state index is 11.6. The van der Waals surface area contributed by atoms with Gasteiger partial charge in [-0.25, -0.2) is 4.52 Å². The molecular formula is C15H13N3O2. The smallest absolute Gasteiger partial charge is 0.313 e. The summed E-state index contributed by atoms with van der Waals surface area (Å²) >= 11 is 0. The van der Waals surface area contributed by atoms with Crippen LogP contribution in [0.4, 0.5) is 0 Å². The highest BCUT2D eigenvalue weighted by molar-refractivity contribution is 5.79. The molecule has 2 aromatic heterocycles. The minimum Gasteiger partial charge on any atom is -0.481 e. The summed E-state index contributed by atoms with van der Waals surface area (Å²) in [5.74, 6) is -1.56. The first-order chi connectivity index (χ1) is 9.75. The maximum Gasteiger partial charge on any atom is 0.313 e. The predicted molar refractivity (Wildman–Crippen MR) is 73.5 cm³/mol. The second-order valence-corrected chi connectivity index (χ2v) is 4.55. The van der Waals surface area contributed by atoms with Crippen LogP contribution in [0.3, 0.4) is 0 Å². The van der Waals surface area contributed by atoms with Crippen LogP contribution in [0, 0.1) is 0 Å². The molecule has 1 unspecified atom stereocenters. The molecule has 0 amide bonds. The van der Waals surface area contributed by atoms with Crippen LogP contribution in [0.2, 0.25) is 0 Å². The van der Waals surface area contributed by atoms with Crippen molar-refractivity contribution in [3.8, 4) is 0 Å². The molecule has 0 saturated carbocycles. The van der Waals surface area contributed by atoms with Crippen molar-refractivity contribution in [2.24, 2.45) is 0 Å². The van der Waals surface area contributed by atoms with Gasteiger partial charge in [-0.1, -0.05) is 30.3 Å². The number of nitrogens with zero attached hydrogens (tertiary/aromatic N) is 3. The van der Waals surface area contributed by atoms with E-state index < -0.39 is 11.9 Å². The Morgan fingerprint density at radius 2 is 2.00 bits per heavy atom. The van der Waals surface area contributed by atoms with Crippen molar-refractivity contribution in [3.63, 3.8) is 0 Å². The number of hydrogen-bond acceptors (Lipinski definition) is 3. The van der Waals surface area contributed by atoms with Gasteiger partial charge in [-0.2, -0.15) is 5.10 Å². The Morgan fingerprint density at radius 1 is 1.20 bits per heavy atom. The summed E-state index contributed by atoms with van der Waals surface area (Å²) in [6, 6.07) is 11.3. The number of carboxylic acids is 1. The van der Waals surface area contributed by atoms with Gasteiger partial charge in [0.05, 0.1) is 17.4 Å². The zero-order valence-electron chi connectivity index (χ0n) is 10.7. The molecule has 20 heavy (non-hydrogen) atoms. The van der Waals surface area contributed by atoms with Crippen LogP contribution in [0.1, 0.15) is 17.2 Å². The van der Waals surface area contributed by atoms with Crippen molar-refractivity contribution in [2.75, 3.05) is 0 Å². The normalized spacial score (nSPS) is 12.4. The lowest BCUT2D eigenvalue weighted by molar-refractivity contribution is -0.138. The zero-order valence-corrected chi connectivity index (χ0v) is 10.7. The van der Waals surface area contributed by atoms with Crippen LogP contribution >= 0.6 is 0 Å². The molecule has 5 heteroatoms. The second kappa shape index (κ2) is 5.13. The van der Waals surface area contributed by atoms with Crippen LogP contribution in [0.5, 0.6) is 0 Å². The molecule has 100 valence electrons. The van der Waals surface area contributed by atoms with Gasteiger partial charge in [-0.15, -0.1) is 0 Å². The zero-order chi connectivity index (χ0) is 13.9. The van der Waals surface area contributed by atoms with Crippen molar-refractivity contribution in [2.45, 2.75) is 12.3 Å². The molecular weight excluding hydrogens is 254 g/mol. The van der Waals surface area contributed by atoms with Gasteiger partial charge in [0.15, 0.2) is 0 Å². The molecule has 0 spiro atoms. The number of fused-ring (bicyclic) bond motifs is 1. The van der Waals surface area contributed by atoms with E-state index in [2.05, 4.69) is 10.1 Å². The van der Waals surface area contributed by atoms with Crippen LogP contribution in [0.25, 0.3) is 5.52 Å². The summed E-state index contributed by atoms with van der Waals surface area (Å²) in [7, 11) is 0. The van der Waals surface area contributed by atoms with Gasteiger partial charge in [-0.3, -0.25) is 9.78 Å². The molecule has 1 aromatic carbocycles. The third kappa shape index (κ3) is 2.25. The quantitative estimate of drug-likeness (QED) is 0.786. The number of hydrogen-bond donors (Lipinski definition) is 1. The Labute approximate surface area is 115 Å². The van der Waals surface area contributed by atoms with Gasteiger partial charge >= 0.3 is 5.97 Å². The number of carbonyl (C=O) groups is 1. The van der Waals surface area contributed by atoms with Crippen LogP contribution < -0.4 is 0 Å². The second-order valence-electron chi connectivity index (χ2n) is 4.55. The molecule has 0 aliphatic carbocycles. The highest BCUT2D eigenvalue weighted by atomic mass is 16.4. The van der Waals surface area contributed by atoms with E-state index in [0.717, 1.165) is 11.1 Å². The van der Waals surface area contributed by atoms with Gasteiger partial charge in [0.2, 0.25) is 0 Å². The van der Waals surface area contributed by atoms with E-state index in [1.807, 2.05) is 30.3 Å². The fraction of sp³-hybridized carbons (Fsp3) is 0.133. The lowest BCUT2D eigenvalue weighted by atomic mass is 9.95. The summed E-state index contributed by atoms with van der Waals surface area (Å²) in [6.07, 6.45) is 5.34. The number of aliphatic carboxylic acids is 1. The van der Waals surface area contributed by atoms with Gasteiger partial charge in [-0.05, 0) is 18.1 Å². The minimum absolute atomic E-state index is 0.411. The summed E-state index contributed by atoms with van der Waals surface area (Å²) in [4.78, 5) is 15.9. The molecule has 0 fully saturated rings. The molecule has 0 aliphatic heterocycles. The summed E-state index contributed by atoms with van der Waals surface area (Å²) < 4.78 is 1.64. The molecule has 2 heterocycles. The lowest BCUT2D eigenvalue weighted by Crippen LogP contribution is -2.17. The van der Waals surface area contributed by atoms with Gasteiger partial charge in [0.25, 0.3) is 0 Å². The molecule has 0 bridgehead atoms. The third-order valence-corrected chi connectivity index (χ3v) is 3.27. The molecule has 1 N–H and O–H groups in total. The standard InChI is InChI=1S/C15H13N3O2/c19-15(20)12(10-11-4-2-1-3-5-11)14-13-6-7-17-18(13)9-8-16-14/h1-9,12H,10H2,(H,19,20). The first-order valence-corrected chi connectivity index (χ1v) is 6.30.